The van der Waals surface area contributed by atoms with Crippen molar-refractivity contribution in [1.82, 2.24) is 14.7 Å². The summed E-state index contributed by atoms with van der Waals surface area (Å²) in [5.41, 5.74) is 0.0825. The van der Waals surface area contributed by atoms with Crippen LogP contribution in [-0.2, 0) is 6.54 Å². The molecule has 6 heteroatoms. The van der Waals surface area contributed by atoms with Crippen LogP contribution in [0.25, 0.3) is 0 Å². The summed E-state index contributed by atoms with van der Waals surface area (Å²) in [6, 6.07) is 3.05. The molecule has 0 atom stereocenters. The average Bonchev–Trinajstić information content (AvgIpc) is 2.38. The number of hydrogen-bond acceptors (Lipinski definition) is 4. The second-order valence-corrected chi connectivity index (χ2v) is 5.09. The first kappa shape index (κ1) is 14.7. The number of rotatable bonds is 6. The van der Waals surface area contributed by atoms with E-state index in [1.54, 1.807) is 4.90 Å². The van der Waals surface area contributed by atoms with E-state index in [0.29, 0.717) is 13.1 Å². The molecule has 1 saturated carbocycles. The van der Waals surface area contributed by atoms with Crippen molar-refractivity contribution in [1.29, 1.82) is 0 Å². The standard InChI is InChI=1S/C14H21N3O3/c1-2-8-17-13(19)7-6-12(15-17)14(20)16(9-10-18)11-4-3-5-11/h6-7,11,18H,2-5,8-10H2,1H3. The van der Waals surface area contributed by atoms with Gasteiger partial charge in [0.05, 0.1) is 6.61 Å². The first-order valence-corrected chi connectivity index (χ1v) is 7.17. The number of carbonyl (C=O) groups excluding carboxylic acids is 1. The van der Waals surface area contributed by atoms with Crippen molar-refractivity contribution < 1.29 is 9.90 Å². The highest BCUT2D eigenvalue weighted by Gasteiger charge is 2.29. The van der Waals surface area contributed by atoms with E-state index in [2.05, 4.69) is 5.10 Å². The molecule has 1 N–H and O–H groups in total. The van der Waals surface area contributed by atoms with Gasteiger partial charge in [-0.15, -0.1) is 0 Å². The fourth-order valence-electron chi connectivity index (χ4n) is 2.34. The monoisotopic (exact) mass is 279 g/mol. The molecule has 1 aromatic rings. The molecule has 1 aromatic heterocycles. The summed E-state index contributed by atoms with van der Waals surface area (Å²) in [6.45, 7) is 2.72. The molecule has 0 aromatic carbocycles. The van der Waals surface area contributed by atoms with E-state index in [1.165, 1.54) is 16.8 Å². The molecule has 20 heavy (non-hydrogen) atoms. The summed E-state index contributed by atoms with van der Waals surface area (Å²) >= 11 is 0. The van der Waals surface area contributed by atoms with E-state index >= 15 is 0 Å². The van der Waals surface area contributed by atoms with E-state index in [-0.39, 0.29) is 29.8 Å². The predicted molar refractivity (Wildman–Crippen MR) is 74.5 cm³/mol. The molecule has 1 heterocycles. The van der Waals surface area contributed by atoms with Crippen molar-refractivity contribution in [3.8, 4) is 0 Å². The first-order chi connectivity index (χ1) is 9.67. The number of carbonyl (C=O) groups is 1. The quantitative estimate of drug-likeness (QED) is 0.829. The van der Waals surface area contributed by atoms with Gasteiger partial charge >= 0.3 is 0 Å². The molecule has 1 fully saturated rings. The van der Waals surface area contributed by atoms with E-state index < -0.39 is 0 Å². The summed E-state index contributed by atoms with van der Waals surface area (Å²) in [4.78, 5) is 25.8. The first-order valence-electron chi connectivity index (χ1n) is 7.17. The van der Waals surface area contributed by atoms with Crippen LogP contribution in [0.4, 0.5) is 0 Å². The van der Waals surface area contributed by atoms with Crippen molar-refractivity contribution in [3.63, 3.8) is 0 Å². The highest BCUT2D eigenvalue weighted by Crippen LogP contribution is 2.25. The van der Waals surface area contributed by atoms with Gasteiger partial charge in [0.15, 0.2) is 0 Å². The molecular weight excluding hydrogens is 258 g/mol. The van der Waals surface area contributed by atoms with Gasteiger partial charge in [0.1, 0.15) is 5.69 Å². The fourth-order valence-corrected chi connectivity index (χ4v) is 2.34. The van der Waals surface area contributed by atoms with Crippen LogP contribution in [0.5, 0.6) is 0 Å². The van der Waals surface area contributed by atoms with Crippen LogP contribution in [0.3, 0.4) is 0 Å². The largest absolute Gasteiger partial charge is 0.395 e. The number of nitrogens with zero attached hydrogens (tertiary/aromatic N) is 3. The van der Waals surface area contributed by atoms with Crippen molar-refractivity contribution >= 4 is 5.91 Å². The van der Waals surface area contributed by atoms with Crippen molar-refractivity contribution in [2.75, 3.05) is 13.2 Å². The maximum absolute atomic E-state index is 12.5. The van der Waals surface area contributed by atoms with Gasteiger partial charge in [-0.25, -0.2) is 4.68 Å². The lowest BCUT2D eigenvalue weighted by atomic mass is 9.91. The Labute approximate surface area is 118 Å². The summed E-state index contributed by atoms with van der Waals surface area (Å²) < 4.78 is 1.32. The number of aliphatic hydroxyl groups excluding tert-OH is 1. The maximum atomic E-state index is 12.5. The van der Waals surface area contributed by atoms with Crippen LogP contribution in [0.15, 0.2) is 16.9 Å². The Kier molecular flexibility index (Phi) is 4.89. The number of amides is 1. The number of aromatic nitrogens is 2. The third kappa shape index (κ3) is 3.07. The lowest BCUT2D eigenvalue weighted by Gasteiger charge is -2.37. The minimum Gasteiger partial charge on any atom is -0.395 e. The Hall–Kier alpha value is -1.69. The summed E-state index contributed by atoms with van der Waals surface area (Å²) in [7, 11) is 0. The van der Waals surface area contributed by atoms with Gasteiger partial charge in [-0.2, -0.15) is 5.10 Å². The zero-order valence-electron chi connectivity index (χ0n) is 11.8. The molecule has 0 radical (unpaired) electrons. The Morgan fingerprint density at radius 1 is 1.50 bits per heavy atom. The number of aryl methyl sites for hydroxylation is 1. The smallest absolute Gasteiger partial charge is 0.274 e. The second kappa shape index (κ2) is 6.65. The van der Waals surface area contributed by atoms with Crippen molar-refractivity contribution in [2.24, 2.45) is 0 Å². The van der Waals surface area contributed by atoms with Crippen LogP contribution in [0.1, 0.15) is 43.1 Å². The highest BCUT2D eigenvalue weighted by molar-refractivity contribution is 5.92. The molecule has 2 rings (SSSR count). The Bertz CT molecular complexity index is 523. The molecule has 1 aliphatic carbocycles. The van der Waals surface area contributed by atoms with Crippen molar-refractivity contribution in [3.05, 3.63) is 28.2 Å². The van der Waals surface area contributed by atoms with Gasteiger partial charge in [-0.1, -0.05) is 6.92 Å². The molecule has 0 unspecified atom stereocenters. The van der Waals surface area contributed by atoms with Crippen LogP contribution in [0, 0.1) is 0 Å². The molecule has 110 valence electrons. The summed E-state index contributed by atoms with van der Waals surface area (Å²) in [6.07, 6.45) is 3.84. The van der Waals surface area contributed by atoms with Crippen molar-refractivity contribution in [2.45, 2.75) is 45.2 Å². The molecule has 0 bridgehead atoms. The zero-order valence-corrected chi connectivity index (χ0v) is 11.8. The highest BCUT2D eigenvalue weighted by atomic mass is 16.3. The minimum atomic E-state index is -0.200. The lowest BCUT2D eigenvalue weighted by molar-refractivity contribution is 0.0517. The molecule has 0 saturated heterocycles. The molecule has 0 spiro atoms. The maximum Gasteiger partial charge on any atom is 0.274 e. The summed E-state index contributed by atoms with van der Waals surface area (Å²) in [5, 5.41) is 13.3. The summed E-state index contributed by atoms with van der Waals surface area (Å²) in [5.74, 6) is -0.200. The van der Waals surface area contributed by atoms with Crippen LogP contribution < -0.4 is 5.56 Å². The van der Waals surface area contributed by atoms with E-state index in [1.807, 2.05) is 6.92 Å². The van der Waals surface area contributed by atoms with Gasteiger partial charge in [0.2, 0.25) is 0 Å². The average molecular weight is 279 g/mol. The second-order valence-electron chi connectivity index (χ2n) is 5.09. The van der Waals surface area contributed by atoms with E-state index in [4.69, 9.17) is 5.11 Å². The molecule has 1 amide bonds. The van der Waals surface area contributed by atoms with E-state index in [9.17, 15) is 9.59 Å². The van der Waals surface area contributed by atoms with Gasteiger partial charge in [0, 0.05) is 25.2 Å². The van der Waals surface area contributed by atoms with Gasteiger partial charge in [-0.05, 0) is 31.7 Å². The van der Waals surface area contributed by atoms with Crippen LogP contribution in [0.2, 0.25) is 0 Å². The normalized spacial score (nSPS) is 14.9. The van der Waals surface area contributed by atoms with Gasteiger partial charge in [0.25, 0.3) is 11.5 Å². The van der Waals surface area contributed by atoms with Gasteiger partial charge in [-0.3, -0.25) is 9.59 Å². The molecule has 0 aliphatic heterocycles. The zero-order chi connectivity index (χ0) is 14.5. The van der Waals surface area contributed by atoms with Crippen LogP contribution in [-0.4, -0.2) is 44.9 Å². The number of aliphatic hydroxyl groups is 1. The predicted octanol–water partition coefficient (Wildman–Crippen LogP) is 0.640. The Balaban J connectivity index is 2.21. The minimum absolute atomic E-state index is 0.0587. The fraction of sp³-hybridized carbons (Fsp3) is 0.643. The molecule has 1 aliphatic rings. The number of hydrogen-bond donors (Lipinski definition) is 1. The third-order valence-electron chi connectivity index (χ3n) is 3.64. The molecular formula is C14H21N3O3. The third-order valence-corrected chi connectivity index (χ3v) is 3.64. The van der Waals surface area contributed by atoms with Gasteiger partial charge < -0.3 is 10.0 Å². The Morgan fingerprint density at radius 3 is 2.80 bits per heavy atom. The lowest BCUT2D eigenvalue weighted by Crippen LogP contribution is -2.46. The topological polar surface area (TPSA) is 75.4 Å². The Morgan fingerprint density at radius 2 is 2.25 bits per heavy atom. The SMILES string of the molecule is CCCn1nc(C(=O)N(CCO)C2CCC2)ccc1=O. The molecule has 6 nitrogen and oxygen atoms in total. The van der Waals surface area contributed by atoms with E-state index in [0.717, 1.165) is 25.7 Å². The van der Waals surface area contributed by atoms with Crippen LogP contribution >= 0.6 is 0 Å².